The van der Waals surface area contributed by atoms with E-state index in [1.807, 2.05) is 18.2 Å². The smallest absolute Gasteiger partial charge is 0.0561 e. The van der Waals surface area contributed by atoms with Crippen LogP contribution in [0.5, 0.6) is 0 Å². The maximum Gasteiger partial charge on any atom is 0.0561 e. The van der Waals surface area contributed by atoms with Crippen LogP contribution in [0.4, 0.5) is 17.1 Å². The number of para-hydroxylation sites is 2. The van der Waals surface area contributed by atoms with Crippen molar-refractivity contribution in [3.8, 4) is 0 Å². The number of benzene rings is 5. The van der Waals surface area contributed by atoms with Gasteiger partial charge in [-0.2, -0.15) is 0 Å². The highest BCUT2D eigenvalue weighted by atomic mass is 35.5. The van der Waals surface area contributed by atoms with Crippen molar-refractivity contribution in [2.75, 3.05) is 4.90 Å². The van der Waals surface area contributed by atoms with Crippen molar-refractivity contribution in [2.24, 2.45) is 0 Å². The normalized spacial score (nSPS) is 11.0. The number of rotatable bonds is 3. The van der Waals surface area contributed by atoms with Crippen LogP contribution in [0.1, 0.15) is 0 Å². The van der Waals surface area contributed by atoms with Crippen LogP contribution in [0.2, 0.25) is 5.02 Å². The molecule has 1 nitrogen and oxygen atoms in total. The molecule has 2 heteroatoms. The fourth-order valence-corrected chi connectivity index (χ4v) is 4.07. The lowest BCUT2D eigenvalue weighted by atomic mass is 9.99. The second-order valence-corrected chi connectivity index (χ2v) is 7.25. The average molecular weight is 380 g/mol. The van der Waals surface area contributed by atoms with E-state index in [9.17, 15) is 0 Å². The summed E-state index contributed by atoms with van der Waals surface area (Å²) in [5.74, 6) is 0. The van der Waals surface area contributed by atoms with Crippen molar-refractivity contribution in [2.45, 2.75) is 0 Å². The van der Waals surface area contributed by atoms with Gasteiger partial charge in [0.1, 0.15) is 0 Å². The molecule has 0 saturated carbocycles. The zero-order valence-electron chi connectivity index (χ0n) is 15.2. The fraction of sp³-hybridized carbons (Fsp3) is 0. The molecule has 0 atom stereocenters. The van der Waals surface area contributed by atoms with Gasteiger partial charge in [0.2, 0.25) is 0 Å². The summed E-state index contributed by atoms with van der Waals surface area (Å²) in [6, 6.07) is 37.8. The molecule has 0 amide bonds. The molecule has 5 aromatic carbocycles. The monoisotopic (exact) mass is 379 g/mol. The van der Waals surface area contributed by atoms with E-state index in [0.717, 1.165) is 27.5 Å². The Hall–Kier alpha value is -3.29. The molecule has 0 N–H and O–H groups in total. The largest absolute Gasteiger partial charge is 0.310 e. The Bertz CT molecular complexity index is 1220. The number of nitrogens with zero attached hydrogens (tertiary/aromatic N) is 1. The van der Waals surface area contributed by atoms with Crippen molar-refractivity contribution in [3.63, 3.8) is 0 Å². The van der Waals surface area contributed by atoms with Gasteiger partial charge in [0.25, 0.3) is 0 Å². The second kappa shape index (κ2) is 7.03. The lowest BCUT2D eigenvalue weighted by molar-refractivity contribution is 1.30. The lowest BCUT2D eigenvalue weighted by Crippen LogP contribution is -2.10. The molecule has 0 saturated heterocycles. The van der Waals surface area contributed by atoms with Gasteiger partial charge in [0.05, 0.1) is 5.69 Å². The van der Waals surface area contributed by atoms with E-state index < -0.39 is 0 Å². The first-order chi connectivity index (χ1) is 13.8. The summed E-state index contributed by atoms with van der Waals surface area (Å²) in [7, 11) is 0. The Kier molecular flexibility index (Phi) is 4.23. The first kappa shape index (κ1) is 16.9. The molecule has 0 spiro atoms. The minimum absolute atomic E-state index is 0.731. The van der Waals surface area contributed by atoms with Crippen LogP contribution in [0.25, 0.3) is 21.5 Å². The second-order valence-electron chi connectivity index (χ2n) is 6.82. The van der Waals surface area contributed by atoms with Crippen molar-refractivity contribution >= 4 is 50.2 Å². The molecule has 0 fully saturated rings. The minimum Gasteiger partial charge on any atom is -0.310 e. The van der Waals surface area contributed by atoms with E-state index in [0.29, 0.717) is 0 Å². The summed E-state index contributed by atoms with van der Waals surface area (Å²) in [5.41, 5.74) is 3.28. The van der Waals surface area contributed by atoms with Gasteiger partial charge in [-0.15, -0.1) is 0 Å². The molecule has 5 aromatic rings. The van der Waals surface area contributed by atoms with E-state index in [4.69, 9.17) is 11.6 Å². The maximum absolute atomic E-state index is 6.57. The Morgan fingerprint density at radius 2 is 1.11 bits per heavy atom. The zero-order valence-corrected chi connectivity index (χ0v) is 16.0. The standard InChI is InChI=1S/C26H18ClN/c27-21-17-20-16-15-19-9-7-8-14-24(19)26(20)25(18-21)28(22-10-3-1-4-11-22)23-12-5-2-6-13-23/h1-18H. The van der Waals surface area contributed by atoms with Crippen molar-refractivity contribution in [3.05, 3.63) is 114 Å². The van der Waals surface area contributed by atoms with Crippen molar-refractivity contribution in [1.29, 1.82) is 0 Å². The lowest BCUT2D eigenvalue weighted by Gasteiger charge is -2.27. The van der Waals surface area contributed by atoms with Crippen molar-refractivity contribution in [1.82, 2.24) is 0 Å². The highest BCUT2D eigenvalue weighted by molar-refractivity contribution is 6.32. The van der Waals surface area contributed by atoms with Crippen LogP contribution in [0, 0.1) is 0 Å². The maximum atomic E-state index is 6.57. The fourth-order valence-electron chi connectivity index (χ4n) is 3.85. The van der Waals surface area contributed by atoms with Crippen LogP contribution >= 0.6 is 11.6 Å². The number of hydrogen-bond acceptors (Lipinski definition) is 1. The first-order valence-corrected chi connectivity index (χ1v) is 9.70. The third-order valence-electron chi connectivity index (χ3n) is 5.06. The Labute approximate surface area is 169 Å². The molecule has 28 heavy (non-hydrogen) atoms. The van der Waals surface area contributed by atoms with Gasteiger partial charge < -0.3 is 4.90 Å². The van der Waals surface area contributed by atoms with Gasteiger partial charge in [-0.3, -0.25) is 0 Å². The molecular formula is C26H18ClN. The topological polar surface area (TPSA) is 3.24 Å². The number of hydrogen-bond donors (Lipinski definition) is 0. The molecule has 0 aromatic heterocycles. The summed E-state index contributed by atoms with van der Waals surface area (Å²) in [4.78, 5) is 2.28. The SMILES string of the molecule is Clc1cc(N(c2ccccc2)c2ccccc2)c2c(ccc3ccccc32)c1. The van der Waals surface area contributed by atoms with Crippen LogP contribution < -0.4 is 4.90 Å². The van der Waals surface area contributed by atoms with Crippen LogP contribution in [0.15, 0.2) is 109 Å². The van der Waals surface area contributed by atoms with Crippen LogP contribution in [0.3, 0.4) is 0 Å². The highest BCUT2D eigenvalue weighted by Crippen LogP contribution is 2.42. The third kappa shape index (κ3) is 2.90. The highest BCUT2D eigenvalue weighted by Gasteiger charge is 2.17. The number of halogens is 1. The molecule has 0 heterocycles. The summed E-state index contributed by atoms with van der Waals surface area (Å²) in [6.07, 6.45) is 0. The van der Waals surface area contributed by atoms with E-state index in [1.165, 1.54) is 16.2 Å². The van der Waals surface area contributed by atoms with Gasteiger partial charge in [-0.05, 0) is 52.6 Å². The van der Waals surface area contributed by atoms with Crippen molar-refractivity contribution < 1.29 is 0 Å². The Morgan fingerprint density at radius 3 is 1.79 bits per heavy atom. The third-order valence-corrected chi connectivity index (χ3v) is 5.27. The average Bonchev–Trinajstić information content (AvgIpc) is 2.75. The molecule has 0 unspecified atom stereocenters. The summed E-state index contributed by atoms with van der Waals surface area (Å²) < 4.78 is 0. The molecule has 0 aliphatic rings. The van der Waals surface area contributed by atoms with E-state index >= 15 is 0 Å². The summed E-state index contributed by atoms with van der Waals surface area (Å²) in [6.45, 7) is 0. The van der Waals surface area contributed by atoms with E-state index in [1.54, 1.807) is 0 Å². The predicted octanol–water partition coefficient (Wildman–Crippen LogP) is 8.12. The van der Waals surface area contributed by atoms with Gasteiger partial charge in [0.15, 0.2) is 0 Å². The molecule has 0 bridgehead atoms. The molecule has 0 aliphatic carbocycles. The quantitative estimate of drug-likeness (QED) is 0.286. The summed E-state index contributed by atoms with van der Waals surface area (Å²) >= 11 is 6.57. The van der Waals surface area contributed by atoms with Gasteiger partial charge in [0, 0.05) is 21.8 Å². The predicted molar refractivity (Wildman–Crippen MR) is 121 cm³/mol. The molecule has 134 valence electrons. The molecule has 0 radical (unpaired) electrons. The van der Waals surface area contributed by atoms with Crippen LogP contribution in [-0.2, 0) is 0 Å². The zero-order chi connectivity index (χ0) is 18.9. The Morgan fingerprint density at radius 1 is 0.536 bits per heavy atom. The van der Waals surface area contributed by atoms with Crippen LogP contribution in [-0.4, -0.2) is 0 Å². The number of anilines is 3. The molecule has 5 rings (SSSR count). The van der Waals surface area contributed by atoms with Gasteiger partial charge in [-0.1, -0.05) is 84.4 Å². The van der Waals surface area contributed by atoms with E-state index in [2.05, 4.69) is 95.9 Å². The minimum atomic E-state index is 0.731. The summed E-state index contributed by atoms with van der Waals surface area (Å²) in [5, 5.41) is 5.52. The molecular weight excluding hydrogens is 362 g/mol. The molecule has 0 aliphatic heterocycles. The van der Waals surface area contributed by atoms with Gasteiger partial charge >= 0.3 is 0 Å². The number of fused-ring (bicyclic) bond motifs is 3. The van der Waals surface area contributed by atoms with Gasteiger partial charge in [-0.25, -0.2) is 0 Å². The Balaban J connectivity index is 1.90. The van der Waals surface area contributed by atoms with E-state index in [-0.39, 0.29) is 0 Å². The first-order valence-electron chi connectivity index (χ1n) is 9.32.